The smallest absolute Gasteiger partial charge is 0.416 e. The van der Waals surface area contributed by atoms with Gasteiger partial charge in [-0.3, -0.25) is 0 Å². The fourth-order valence-corrected chi connectivity index (χ4v) is 1.94. The van der Waals surface area contributed by atoms with E-state index in [-0.39, 0.29) is 6.04 Å². The zero-order valence-corrected chi connectivity index (χ0v) is 10.4. The van der Waals surface area contributed by atoms with E-state index in [0.717, 1.165) is 23.3 Å². The lowest BCUT2D eigenvalue weighted by atomic mass is 10.0. The van der Waals surface area contributed by atoms with Gasteiger partial charge in [0.2, 0.25) is 0 Å². The Hall–Kier alpha value is -1.75. The van der Waals surface area contributed by atoms with E-state index < -0.39 is 11.7 Å². The van der Waals surface area contributed by atoms with Crippen molar-refractivity contribution in [2.45, 2.75) is 25.6 Å². The average molecular weight is 269 g/mol. The van der Waals surface area contributed by atoms with Crippen LogP contribution in [0, 0.1) is 6.92 Å². The lowest BCUT2D eigenvalue weighted by molar-refractivity contribution is -0.137. The molecule has 2 aromatic rings. The minimum atomic E-state index is -4.31. The normalized spacial score (nSPS) is 13.5. The third-order valence-electron chi connectivity index (χ3n) is 2.98. The van der Waals surface area contributed by atoms with Gasteiger partial charge in [-0.2, -0.15) is 13.2 Å². The van der Waals surface area contributed by atoms with Gasteiger partial charge in [-0.1, -0.05) is 12.1 Å². The first kappa shape index (κ1) is 13.7. The van der Waals surface area contributed by atoms with Crippen molar-refractivity contribution < 1.29 is 17.6 Å². The number of benzene rings is 1. The maximum absolute atomic E-state index is 12.4. The van der Waals surface area contributed by atoms with Crippen LogP contribution in [0.25, 0.3) is 0 Å². The predicted molar refractivity (Wildman–Crippen MR) is 65.5 cm³/mol. The fraction of sp³-hybridized carbons (Fsp3) is 0.286. The summed E-state index contributed by atoms with van der Waals surface area (Å²) >= 11 is 0. The predicted octanol–water partition coefficient (Wildman–Crippen LogP) is 3.85. The minimum Gasteiger partial charge on any atom is -0.467 e. The molecular weight excluding hydrogens is 255 g/mol. The van der Waals surface area contributed by atoms with E-state index in [1.165, 1.54) is 12.1 Å². The molecular formula is C14H14F3NO. The molecule has 0 fully saturated rings. The highest BCUT2D eigenvalue weighted by Crippen LogP contribution is 2.29. The van der Waals surface area contributed by atoms with Gasteiger partial charge in [0, 0.05) is 0 Å². The van der Waals surface area contributed by atoms with E-state index in [4.69, 9.17) is 10.2 Å². The number of nitrogens with two attached hydrogens (primary N) is 1. The van der Waals surface area contributed by atoms with Gasteiger partial charge in [0.1, 0.15) is 5.76 Å². The Labute approximate surface area is 109 Å². The molecule has 19 heavy (non-hydrogen) atoms. The third kappa shape index (κ3) is 3.17. The number of hydrogen-bond acceptors (Lipinski definition) is 2. The summed E-state index contributed by atoms with van der Waals surface area (Å²) in [6.07, 6.45) is -2.32. The molecule has 1 aromatic carbocycles. The maximum Gasteiger partial charge on any atom is 0.416 e. The molecule has 2 nitrogen and oxygen atoms in total. The Morgan fingerprint density at radius 1 is 1.16 bits per heavy atom. The van der Waals surface area contributed by atoms with E-state index in [1.807, 2.05) is 13.0 Å². The van der Waals surface area contributed by atoms with Crippen LogP contribution in [0.15, 0.2) is 41.0 Å². The van der Waals surface area contributed by atoms with Gasteiger partial charge < -0.3 is 10.2 Å². The molecule has 2 N–H and O–H groups in total. The highest BCUT2D eigenvalue weighted by atomic mass is 19.4. The molecule has 0 aliphatic carbocycles. The quantitative estimate of drug-likeness (QED) is 0.919. The average Bonchev–Trinajstić information content (AvgIpc) is 2.75. The number of rotatable bonds is 3. The Bertz CT molecular complexity index is 543. The lowest BCUT2D eigenvalue weighted by Crippen LogP contribution is -2.13. The van der Waals surface area contributed by atoms with Crippen LogP contribution < -0.4 is 5.73 Å². The summed E-state index contributed by atoms with van der Waals surface area (Å²) < 4.78 is 42.5. The molecule has 0 saturated carbocycles. The Kier molecular flexibility index (Phi) is 3.66. The van der Waals surface area contributed by atoms with Crippen molar-refractivity contribution in [3.8, 4) is 0 Å². The van der Waals surface area contributed by atoms with E-state index in [2.05, 4.69) is 0 Å². The zero-order chi connectivity index (χ0) is 14.0. The standard InChI is InChI=1S/C14H14F3NO/c1-9-6-7-19-13(9)12(18)8-10-2-4-11(5-3-10)14(15,16)17/h2-7,12H,8,18H2,1H3. The van der Waals surface area contributed by atoms with E-state index >= 15 is 0 Å². The number of hydrogen-bond donors (Lipinski definition) is 1. The molecule has 0 radical (unpaired) electrons. The summed E-state index contributed by atoms with van der Waals surface area (Å²) in [7, 11) is 0. The van der Waals surface area contributed by atoms with Crippen molar-refractivity contribution in [1.82, 2.24) is 0 Å². The Balaban J connectivity index is 2.10. The molecule has 1 unspecified atom stereocenters. The highest BCUT2D eigenvalue weighted by Gasteiger charge is 2.30. The van der Waals surface area contributed by atoms with Crippen LogP contribution in [0.2, 0.25) is 0 Å². The summed E-state index contributed by atoms with van der Waals surface area (Å²) in [5, 5.41) is 0. The first-order valence-corrected chi connectivity index (χ1v) is 5.83. The highest BCUT2D eigenvalue weighted by molar-refractivity contribution is 5.27. The van der Waals surface area contributed by atoms with Crippen molar-refractivity contribution in [3.63, 3.8) is 0 Å². The molecule has 1 atom stereocenters. The molecule has 0 saturated heterocycles. The largest absolute Gasteiger partial charge is 0.467 e. The van der Waals surface area contributed by atoms with Gasteiger partial charge >= 0.3 is 6.18 Å². The number of furan rings is 1. The number of aryl methyl sites for hydroxylation is 1. The van der Waals surface area contributed by atoms with Crippen molar-refractivity contribution in [3.05, 3.63) is 59.0 Å². The van der Waals surface area contributed by atoms with Crippen LogP contribution in [0.5, 0.6) is 0 Å². The first-order valence-electron chi connectivity index (χ1n) is 5.83. The van der Waals surface area contributed by atoms with Crippen LogP contribution in [0.1, 0.15) is 28.5 Å². The van der Waals surface area contributed by atoms with Crippen molar-refractivity contribution in [2.75, 3.05) is 0 Å². The van der Waals surface area contributed by atoms with Gasteiger partial charge in [-0.25, -0.2) is 0 Å². The maximum atomic E-state index is 12.4. The van der Waals surface area contributed by atoms with Crippen LogP contribution >= 0.6 is 0 Å². The van der Waals surface area contributed by atoms with Crippen molar-refractivity contribution in [2.24, 2.45) is 5.73 Å². The summed E-state index contributed by atoms with van der Waals surface area (Å²) in [6, 6.07) is 6.48. The molecule has 0 aliphatic rings. The number of alkyl halides is 3. The van der Waals surface area contributed by atoms with Crippen LogP contribution in [-0.4, -0.2) is 0 Å². The minimum absolute atomic E-state index is 0.355. The summed E-state index contributed by atoms with van der Waals surface area (Å²) in [5.41, 5.74) is 7.02. The van der Waals surface area contributed by atoms with E-state index in [9.17, 15) is 13.2 Å². The summed E-state index contributed by atoms with van der Waals surface area (Å²) in [5.74, 6) is 0.667. The monoisotopic (exact) mass is 269 g/mol. The van der Waals surface area contributed by atoms with Gasteiger partial charge in [0.15, 0.2) is 0 Å². The van der Waals surface area contributed by atoms with Crippen molar-refractivity contribution in [1.29, 1.82) is 0 Å². The zero-order valence-electron chi connectivity index (χ0n) is 10.4. The topological polar surface area (TPSA) is 39.2 Å². The molecule has 0 amide bonds. The molecule has 0 aliphatic heterocycles. The Morgan fingerprint density at radius 2 is 1.79 bits per heavy atom. The first-order chi connectivity index (χ1) is 8.88. The third-order valence-corrected chi connectivity index (χ3v) is 2.98. The van der Waals surface area contributed by atoms with Crippen LogP contribution in [0.4, 0.5) is 13.2 Å². The molecule has 2 rings (SSSR count). The molecule has 102 valence electrons. The second kappa shape index (κ2) is 5.09. The van der Waals surface area contributed by atoms with Crippen molar-refractivity contribution >= 4 is 0 Å². The second-order valence-corrected chi connectivity index (χ2v) is 4.47. The number of halogens is 3. The van der Waals surface area contributed by atoms with Crippen LogP contribution in [-0.2, 0) is 12.6 Å². The summed E-state index contributed by atoms with van der Waals surface area (Å²) in [4.78, 5) is 0. The Morgan fingerprint density at radius 3 is 2.26 bits per heavy atom. The van der Waals surface area contributed by atoms with Gasteiger partial charge in [-0.05, 0) is 42.7 Å². The lowest BCUT2D eigenvalue weighted by Gasteiger charge is -2.11. The SMILES string of the molecule is Cc1ccoc1C(N)Cc1ccc(C(F)(F)F)cc1. The summed E-state index contributed by atoms with van der Waals surface area (Å²) in [6.45, 7) is 1.88. The van der Waals surface area contributed by atoms with E-state index in [1.54, 1.807) is 6.26 Å². The van der Waals surface area contributed by atoms with Gasteiger partial charge in [0.25, 0.3) is 0 Å². The van der Waals surface area contributed by atoms with E-state index in [0.29, 0.717) is 12.2 Å². The van der Waals surface area contributed by atoms with Crippen LogP contribution in [0.3, 0.4) is 0 Å². The van der Waals surface area contributed by atoms with Gasteiger partial charge in [0.05, 0.1) is 17.9 Å². The molecule has 5 heteroatoms. The molecule has 0 spiro atoms. The van der Waals surface area contributed by atoms with Gasteiger partial charge in [-0.15, -0.1) is 0 Å². The second-order valence-electron chi connectivity index (χ2n) is 4.47. The molecule has 0 bridgehead atoms. The molecule has 1 aromatic heterocycles. The fourth-order valence-electron chi connectivity index (χ4n) is 1.94. The molecule has 1 heterocycles.